The first kappa shape index (κ1) is 19.0. The highest BCUT2D eigenvalue weighted by Crippen LogP contribution is 2.17. The first-order chi connectivity index (χ1) is 12.7. The topological polar surface area (TPSA) is 81.1 Å². The van der Waals surface area contributed by atoms with Gasteiger partial charge in [0.25, 0.3) is 0 Å². The van der Waals surface area contributed by atoms with Gasteiger partial charge in [-0.3, -0.25) is 4.79 Å². The van der Waals surface area contributed by atoms with Gasteiger partial charge in [0.1, 0.15) is 23.9 Å². The molecular formula is C19H20FN3O3S. The number of nitrogens with one attached hydrogen (secondary N) is 1. The van der Waals surface area contributed by atoms with Crippen LogP contribution in [0.2, 0.25) is 0 Å². The van der Waals surface area contributed by atoms with Crippen LogP contribution < -0.4 is 5.32 Å². The standard InChI is InChI=1S/C19H20FN3O3S/c1-13-7-8-14(9-15(13)20)10-21-19(24)11-23-17-6-4-3-5-16(17)22-18(23)12-27(2,25)26/h3-9H,10-12H2,1-2H3,(H,21,24). The number of sulfone groups is 1. The zero-order valence-corrected chi connectivity index (χ0v) is 15.9. The number of nitrogens with zero attached hydrogens (tertiary/aromatic N) is 2. The molecule has 0 aliphatic rings. The summed E-state index contributed by atoms with van der Waals surface area (Å²) in [5, 5.41) is 2.74. The molecule has 1 heterocycles. The number of carbonyl (C=O) groups is 1. The summed E-state index contributed by atoms with van der Waals surface area (Å²) < 4.78 is 38.6. The number of amides is 1. The maximum atomic E-state index is 13.6. The fourth-order valence-electron chi connectivity index (χ4n) is 2.79. The lowest BCUT2D eigenvalue weighted by molar-refractivity contribution is -0.121. The van der Waals surface area contributed by atoms with E-state index in [4.69, 9.17) is 0 Å². The van der Waals surface area contributed by atoms with Crippen LogP contribution in [-0.2, 0) is 33.5 Å². The molecule has 1 N–H and O–H groups in total. The van der Waals surface area contributed by atoms with Crippen LogP contribution in [-0.4, -0.2) is 30.1 Å². The van der Waals surface area contributed by atoms with Crippen molar-refractivity contribution in [1.29, 1.82) is 0 Å². The molecule has 0 saturated heterocycles. The van der Waals surface area contributed by atoms with Crippen molar-refractivity contribution in [3.8, 4) is 0 Å². The number of hydrogen-bond acceptors (Lipinski definition) is 4. The Labute approximate surface area is 157 Å². The molecule has 6 nitrogen and oxygen atoms in total. The van der Waals surface area contributed by atoms with Crippen LogP contribution in [0.15, 0.2) is 42.5 Å². The van der Waals surface area contributed by atoms with E-state index in [1.165, 1.54) is 6.07 Å². The van der Waals surface area contributed by atoms with Crippen molar-refractivity contribution >= 4 is 26.8 Å². The molecule has 0 saturated carbocycles. The fraction of sp³-hybridized carbons (Fsp3) is 0.263. The van der Waals surface area contributed by atoms with E-state index >= 15 is 0 Å². The monoisotopic (exact) mass is 389 g/mol. The highest BCUT2D eigenvalue weighted by atomic mass is 32.2. The number of imidazole rings is 1. The zero-order chi connectivity index (χ0) is 19.6. The molecule has 3 rings (SSSR count). The number of aryl methyl sites for hydroxylation is 1. The van der Waals surface area contributed by atoms with Gasteiger partial charge in [0.05, 0.1) is 11.0 Å². The van der Waals surface area contributed by atoms with Crippen molar-refractivity contribution < 1.29 is 17.6 Å². The minimum absolute atomic E-state index is 0.0697. The van der Waals surface area contributed by atoms with Gasteiger partial charge in [-0.2, -0.15) is 0 Å². The van der Waals surface area contributed by atoms with Crippen LogP contribution in [0, 0.1) is 12.7 Å². The summed E-state index contributed by atoms with van der Waals surface area (Å²) in [6.45, 7) is 1.79. The molecule has 0 aliphatic heterocycles. The van der Waals surface area contributed by atoms with Crippen molar-refractivity contribution in [2.24, 2.45) is 0 Å². The second-order valence-electron chi connectivity index (χ2n) is 6.53. The number of fused-ring (bicyclic) bond motifs is 1. The van der Waals surface area contributed by atoms with Crippen LogP contribution in [0.3, 0.4) is 0 Å². The molecule has 0 bridgehead atoms. The quantitative estimate of drug-likeness (QED) is 0.702. The summed E-state index contributed by atoms with van der Waals surface area (Å²) in [5.41, 5.74) is 2.51. The Bertz CT molecular complexity index is 1110. The second kappa shape index (κ2) is 7.48. The molecule has 8 heteroatoms. The number of rotatable bonds is 6. The number of halogens is 1. The van der Waals surface area contributed by atoms with Gasteiger partial charge in [0, 0.05) is 12.8 Å². The van der Waals surface area contributed by atoms with Crippen LogP contribution >= 0.6 is 0 Å². The summed E-state index contributed by atoms with van der Waals surface area (Å²) in [6, 6.07) is 12.0. The van der Waals surface area contributed by atoms with Crippen molar-refractivity contribution in [2.45, 2.75) is 25.8 Å². The molecule has 0 spiro atoms. The number of carbonyl (C=O) groups excluding carboxylic acids is 1. The van der Waals surface area contributed by atoms with Gasteiger partial charge in [-0.15, -0.1) is 0 Å². The molecule has 0 aliphatic carbocycles. The lowest BCUT2D eigenvalue weighted by Crippen LogP contribution is -2.28. The third-order valence-corrected chi connectivity index (χ3v) is 4.94. The second-order valence-corrected chi connectivity index (χ2v) is 8.67. The normalized spacial score (nSPS) is 11.7. The largest absolute Gasteiger partial charge is 0.350 e. The maximum absolute atomic E-state index is 13.6. The van der Waals surface area contributed by atoms with Gasteiger partial charge in [0.15, 0.2) is 9.84 Å². The molecule has 142 valence electrons. The van der Waals surface area contributed by atoms with Gasteiger partial charge in [-0.1, -0.05) is 24.3 Å². The average Bonchev–Trinajstić information content (AvgIpc) is 2.91. The molecule has 3 aromatic rings. The van der Waals surface area contributed by atoms with Crippen molar-refractivity contribution in [3.63, 3.8) is 0 Å². The third kappa shape index (κ3) is 4.71. The fourth-order valence-corrected chi connectivity index (χ4v) is 3.48. The van der Waals surface area contributed by atoms with Gasteiger partial charge in [-0.25, -0.2) is 17.8 Å². The highest BCUT2D eigenvalue weighted by Gasteiger charge is 2.17. The molecule has 0 unspecified atom stereocenters. The summed E-state index contributed by atoms with van der Waals surface area (Å²) in [4.78, 5) is 16.7. The Morgan fingerprint density at radius 1 is 1.22 bits per heavy atom. The van der Waals surface area contributed by atoms with Crippen LogP contribution in [0.4, 0.5) is 4.39 Å². The number of benzene rings is 2. The third-order valence-electron chi connectivity index (χ3n) is 4.15. The Morgan fingerprint density at radius 2 is 1.96 bits per heavy atom. The molecule has 0 fully saturated rings. The highest BCUT2D eigenvalue weighted by molar-refractivity contribution is 7.89. The van der Waals surface area contributed by atoms with Crippen LogP contribution in [0.25, 0.3) is 11.0 Å². The maximum Gasteiger partial charge on any atom is 0.240 e. The lowest BCUT2D eigenvalue weighted by atomic mass is 10.1. The molecule has 1 amide bonds. The first-order valence-corrected chi connectivity index (χ1v) is 10.4. The van der Waals surface area contributed by atoms with E-state index in [2.05, 4.69) is 10.3 Å². The number of para-hydroxylation sites is 2. The average molecular weight is 389 g/mol. The van der Waals surface area contributed by atoms with E-state index in [0.717, 1.165) is 6.26 Å². The van der Waals surface area contributed by atoms with Gasteiger partial charge < -0.3 is 9.88 Å². The van der Waals surface area contributed by atoms with Gasteiger partial charge >= 0.3 is 0 Å². The lowest BCUT2D eigenvalue weighted by Gasteiger charge is -2.10. The van der Waals surface area contributed by atoms with E-state index in [9.17, 15) is 17.6 Å². The number of hydrogen-bond donors (Lipinski definition) is 1. The van der Waals surface area contributed by atoms with Crippen molar-refractivity contribution in [1.82, 2.24) is 14.9 Å². The van der Waals surface area contributed by atoms with E-state index < -0.39 is 9.84 Å². The minimum Gasteiger partial charge on any atom is -0.350 e. The van der Waals surface area contributed by atoms with Crippen LogP contribution in [0.1, 0.15) is 17.0 Å². The molecule has 0 atom stereocenters. The molecule has 0 radical (unpaired) electrons. The Balaban J connectivity index is 1.79. The number of aromatic nitrogens is 2. The SMILES string of the molecule is Cc1ccc(CNC(=O)Cn2c(CS(C)(=O)=O)nc3ccccc32)cc1F. The summed E-state index contributed by atoms with van der Waals surface area (Å²) in [7, 11) is -3.30. The Hall–Kier alpha value is -2.74. The van der Waals surface area contributed by atoms with E-state index in [1.807, 2.05) is 0 Å². The Morgan fingerprint density at radius 3 is 2.67 bits per heavy atom. The smallest absolute Gasteiger partial charge is 0.240 e. The molecule has 1 aromatic heterocycles. The first-order valence-electron chi connectivity index (χ1n) is 8.36. The minimum atomic E-state index is -3.30. The van der Waals surface area contributed by atoms with Gasteiger partial charge in [0.2, 0.25) is 5.91 Å². The van der Waals surface area contributed by atoms with Crippen LogP contribution in [0.5, 0.6) is 0 Å². The van der Waals surface area contributed by atoms with E-state index in [0.29, 0.717) is 28.0 Å². The predicted octanol–water partition coefficient (Wildman–Crippen LogP) is 2.34. The van der Waals surface area contributed by atoms with E-state index in [1.54, 1.807) is 47.9 Å². The predicted molar refractivity (Wildman–Crippen MR) is 101 cm³/mol. The van der Waals surface area contributed by atoms with Gasteiger partial charge in [-0.05, 0) is 36.2 Å². The van der Waals surface area contributed by atoms with Crippen molar-refractivity contribution in [2.75, 3.05) is 6.26 Å². The zero-order valence-electron chi connectivity index (χ0n) is 15.1. The van der Waals surface area contributed by atoms with Crippen molar-refractivity contribution in [3.05, 3.63) is 65.2 Å². The molecular weight excluding hydrogens is 369 g/mol. The van der Waals surface area contributed by atoms with E-state index in [-0.39, 0.29) is 30.6 Å². The summed E-state index contributed by atoms with van der Waals surface area (Å²) >= 11 is 0. The molecule has 27 heavy (non-hydrogen) atoms. The summed E-state index contributed by atoms with van der Waals surface area (Å²) in [6.07, 6.45) is 1.13. The Kier molecular flexibility index (Phi) is 5.27. The molecule has 2 aromatic carbocycles. The summed E-state index contributed by atoms with van der Waals surface area (Å²) in [5.74, 6) is -0.570.